The van der Waals surface area contributed by atoms with Crippen molar-refractivity contribution in [1.29, 1.82) is 0 Å². The molecule has 0 bridgehead atoms. The highest BCUT2D eigenvalue weighted by molar-refractivity contribution is 8.01. The first-order valence-corrected chi connectivity index (χ1v) is 5.33. The normalized spacial score (nSPS) is 53.8. The van der Waals surface area contributed by atoms with Crippen molar-refractivity contribution >= 4 is 11.8 Å². The highest BCUT2D eigenvalue weighted by Gasteiger charge is 2.54. The predicted octanol–water partition coefficient (Wildman–Crippen LogP) is -0.261. The number of aliphatic hydroxyl groups is 3. The number of thioether (sulfide) groups is 1. The fourth-order valence-electron chi connectivity index (χ4n) is 2.24. The van der Waals surface area contributed by atoms with E-state index in [9.17, 15) is 15.3 Å². The molecular formula is C8H14O3S. The van der Waals surface area contributed by atoms with Crippen LogP contribution in [0.4, 0.5) is 0 Å². The molecule has 2 fully saturated rings. The smallest absolute Gasteiger partial charge is 0.0978 e. The van der Waals surface area contributed by atoms with Crippen LogP contribution in [0.3, 0.4) is 0 Å². The molecule has 0 radical (unpaired) electrons. The maximum Gasteiger partial charge on any atom is 0.0978 e. The first-order valence-electron chi connectivity index (χ1n) is 4.35. The third kappa shape index (κ3) is 1.02. The summed E-state index contributed by atoms with van der Waals surface area (Å²) < 4.78 is -0.445. The molecular weight excluding hydrogens is 176 g/mol. The second-order valence-corrected chi connectivity index (χ2v) is 5.07. The van der Waals surface area contributed by atoms with Gasteiger partial charge < -0.3 is 15.3 Å². The minimum absolute atomic E-state index is 0.436. The summed E-state index contributed by atoms with van der Waals surface area (Å²) in [5.74, 6) is 0.554. The van der Waals surface area contributed by atoms with Crippen molar-refractivity contribution in [2.45, 2.75) is 42.3 Å². The van der Waals surface area contributed by atoms with Gasteiger partial charge in [0.15, 0.2) is 0 Å². The van der Waals surface area contributed by atoms with Gasteiger partial charge in [-0.1, -0.05) is 0 Å². The summed E-state index contributed by atoms with van der Waals surface area (Å²) in [6.45, 7) is 0. The number of hydrogen-bond donors (Lipinski definition) is 3. The molecule has 1 spiro atoms. The maximum atomic E-state index is 9.69. The summed E-state index contributed by atoms with van der Waals surface area (Å²) in [5, 5.41) is 28.7. The Balaban J connectivity index is 2.20. The van der Waals surface area contributed by atoms with E-state index >= 15 is 0 Å². The average Bonchev–Trinajstić information content (AvgIpc) is 2.54. The molecule has 4 heteroatoms. The van der Waals surface area contributed by atoms with Crippen molar-refractivity contribution in [3.63, 3.8) is 0 Å². The van der Waals surface area contributed by atoms with Gasteiger partial charge in [-0.05, 0) is 19.3 Å². The zero-order chi connectivity index (χ0) is 8.77. The van der Waals surface area contributed by atoms with Gasteiger partial charge in [0, 0.05) is 5.75 Å². The van der Waals surface area contributed by atoms with E-state index < -0.39 is 23.1 Å². The van der Waals surface area contributed by atoms with Crippen LogP contribution in [-0.2, 0) is 0 Å². The highest BCUT2D eigenvalue weighted by Crippen LogP contribution is 2.49. The third-order valence-electron chi connectivity index (χ3n) is 3.00. The molecule has 1 aliphatic heterocycles. The molecule has 3 N–H and O–H groups in total. The van der Waals surface area contributed by atoms with E-state index in [0.717, 1.165) is 19.3 Å². The largest absolute Gasteiger partial charge is 0.392 e. The Hall–Kier alpha value is 0.230. The summed E-state index contributed by atoms with van der Waals surface area (Å²) in [6.07, 6.45) is 0.726. The Labute approximate surface area is 75.8 Å². The molecule has 0 aromatic heterocycles. The number of rotatable bonds is 0. The molecule has 12 heavy (non-hydrogen) atoms. The van der Waals surface area contributed by atoms with Crippen LogP contribution in [0.2, 0.25) is 0 Å². The molecule has 70 valence electrons. The molecule has 3 nitrogen and oxygen atoms in total. The van der Waals surface area contributed by atoms with Crippen molar-refractivity contribution in [2.24, 2.45) is 0 Å². The second kappa shape index (κ2) is 2.87. The van der Waals surface area contributed by atoms with Crippen LogP contribution in [0, 0.1) is 0 Å². The van der Waals surface area contributed by atoms with Crippen molar-refractivity contribution in [1.82, 2.24) is 0 Å². The topological polar surface area (TPSA) is 60.7 Å². The van der Waals surface area contributed by atoms with Crippen LogP contribution in [0.25, 0.3) is 0 Å². The van der Waals surface area contributed by atoms with Crippen LogP contribution >= 0.6 is 11.8 Å². The molecule has 0 unspecified atom stereocenters. The highest BCUT2D eigenvalue weighted by atomic mass is 32.2. The Bertz CT molecular complexity index is 187. The lowest BCUT2D eigenvalue weighted by Crippen LogP contribution is -2.46. The molecule has 1 saturated carbocycles. The molecule has 2 aliphatic rings. The second-order valence-electron chi connectivity index (χ2n) is 3.69. The first-order chi connectivity index (χ1) is 5.67. The summed E-state index contributed by atoms with van der Waals surface area (Å²) in [6, 6.07) is 0. The van der Waals surface area contributed by atoms with E-state index in [2.05, 4.69) is 0 Å². The molecule has 1 aliphatic carbocycles. The Morgan fingerprint density at radius 2 is 2.00 bits per heavy atom. The molecule has 1 saturated heterocycles. The summed E-state index contributed by atoms with van der Waals surface area (Å²) in [5.41, 5.74) is 0. The molecule has 2 rings (SSSR count). The predicted molar refractivity (Wildman–Crippen MR) is 47.1 cm³/mol. The van der Waals surface area contributed by atoms with E-state index in [1.54, 1.807) is 0 Å². The third-order valence-corrected chi connectivity index (χ3v) is 4.76. The van der Waals surface area contributed by atoms with Gasteiger partial charge in [-0.3, -0.25) is 0 Å². The van der Waals surface area contributed by atoms with Crippen LogP contribution in [0.1, 0.15) is 19.3 Å². The van der Waals surface area contributed by atoms with E-state index in [0.29, 0.717) is 5.75 Å². The quantitative estimate of drug-likeness (QED) is 0.492. The lowest BCUT2D eigenvalue weighted by Gasteiger charge is -2.30. The van der Waals surface area contributed by atoms with Crippen molar-refractivity contribution in [3.05, 3.63) is 0 Å². The van der Waals surface area contributed by atoms with Crippen molar-refractivity contribution in [2.75, 3.05) is 5.75 Å². The monoisotopic (exact) mass is 190 g/mol. The lowest BCUT2D eigenvalue weighted by atomic mass is 9.94. The van der Waals surface area contributed by atoms with Crippen LogP contribution in [0.15, 0.2) is 0 Å². The molecule has 0 amide bonds. The lowest BCUT2D eigenvalue weighted by molar-refractivity contribution is -0.0108. The molecule has 0 aromatic carbocycles. The van der Waals surface area contributed by atoms with Crippen molar-refractivity contribution in [3.8, 4) is 0 Å². The van der Waals surface area contributed by atoms with Gasteiger partial charge in [0.1, 0.15) is 0 Å². The van der Waals surface area contributed by atoms with Gasteiger partial charge in [0.2, 0.25) is 0 Å². The van der Waals surface area contributed by atoms with Gasteiger partial charge in [-0.15, -0.1) is 11.8 Å². The summed E-state index contributed by atoms with van der Waals surface area (Å²) in [4.78, 5) is 0. The van der Waals surface area contributed by atoms with E-state index in [1.807, 2.05) is 0 Å². The fourth-order valence-corrected chi connectivity index (χ4v) is 3.83. The Morgan fingerprint density at radius 1 is 1.25 bits per heavy atom. The fraction of sp³-hybridized carbons (Fsp3) is 1.00. The Kier molecular flexibility index (Phi) is 2.11. The minimum atomic E-state index is -0.736. The van der Waals surface area contributed by atoms with E-state index in [-0.39, 0.29) is 0 Å². The first kappa shape index (κ1) is 8.81. The van der Waals surface area contributed by atoms with Crippen LogP contribution in [-0.4, -0.2) is 44.1 Å². The number of aliphatic hydroxyl groups excluding tert-OH is 3. The SMILES string of the molecule is O[C@@H]1CS[C@]2(CCC[C@H]2O)[C@@H]1O. The number of hydrogen-bond acceptors (Lipinski definition) is 4. The maximum absolute atomic E-state index is 9.69. The van der Waals surface area contributed by atoms with Gasteiger partial charge in [0.25, 0.3) is 0 Å². The van der Waals surface area contributed by atoms with E-state index in [4.69, 9.17) is 0 Å². The molecule has 4 atom stereocenters. The standard InChI is InChI=1S/C8H14O3S/c9-5-4-12-8(7(5)11)3-1-2-6(8)10/h5-7,9-11H,1-4H2/t5-,6-,7-,8+/m1/s1. The van der Waals surface area contributed by atoms with Gasteiger partial charge >= 0.3 is 0 Å². The van der Waals surface area contributed by atoms with Gasteiger partial charge in [-0.25, -0.2) is 0 Å². The summed E-state index contributed by atoms with van der Waals surface area (Å²) >= 11 is 1.53. The minimum Gasteiger partial charge on any atom is -0.392 e. The van der Waals surface area contributed by atoms with E-state index in [1.165, 1.54) is 11.8 Å². The summed E-state index contributed by atoms with van der Waals surface area (Å²) in [7, 11) is 0. The molecule has 0 aromatic rings. The van der Waals surface area contributed by atoms with Crippen molar-refractivity contribution < 1.29 is 15.3 Å². The van der Waals surface area contributed by atoms with Gasteiger partial charge in [0.05, 0.1) is 23.1 Å². The van der Waals surface area contributed by atoms with Crippen LogP contribution in [0.5, 0.6) is 0 Å². The Morgan fingerprint density at radius 3 is 2.42 bits per heavy atom. The van der Waals surface area contributed by atoms with Crippen LogP contribution < -0.4 is 0 Å². The zero-order valence-corrected chi connectivity index (χ0v) is 7.63. The zero-order valence-electron chi connectivity index (χ0n) is 6.81. The average molecular weight is 190 g/mol. The molecule has 1 heterocycles. The van der Waals surface area contributed by atoms with Gasteiger partial charge in [-0.2, -0.15) is 0 Å².